The topological polar surface area (TPSA) is 83.7 Å². The lowest BCUT2D eigenvalue weighted by molar-refractivity contribution is 0.252. The van der Waals surface area contributed by atoms with E-state index in [9.17, 15) is 9.90 Å². The molecule has 6 heteroatoms. The van der Waals surface area contributed by atoms with E-state index in [1.165, 1.54) is 0 Å². The SMILES string of the molecule is COc1cc2c(cc1NC(=O)NCCc1ccc(O)cc1)oc1ccccc12. The fourth-order valence-corrected chi connectivity index (χ4v) is 3.17. The Bertz CT molecular complexity index is 1130. The Kier molecular flexibility index (Phi) is 4.76. The Morgan fingerprint density at radius 3 is 2.61 bits per heavy atom. The molecule has 0 aliphatic heterocycles. The summed E-state index contributed by atoms with van der Waals surface area (Å²) >= 11 is 0. The molecule has 2 amide bonds. The van der Waals surface area contributed by atoms with Crippen molar-refractivity contribution in [3.8, 4) is 11.5 Å². The maximum Gasteiger partial charge on any atom is 0.319 e. The number of aromatic hydroxyl groups is 1. The summed E-state index contributed by atoms with van der Waals surface area (Å²) in [5.41, 5.74) is 3.03. The largest absolute Gasteiger partial charge is 0.508 e. The number of ether oxygens (including phenoxy) is 1. The van der Waals surface area contributed by atoms with Crippen LogP contribution in [-0.2, 0) is 6.42 Å². The molecule has 0 spiro atoms. The molecule has 4 aromatic rings. The number of methoxy groups -OCH3 is 1. The highest BCUT2D eigenvalue weighted by molar-refractivity contribution is 6.07. The highest BCUT2D eigenvalue weighted by Crippen LogP contribution is 2.36. The van der Waals surface area contributed by atoms with Gasteiger partial charge >= 0.3 is 6.03 Å². The van der Waals surface area contributed by atoms with Gasteiger partial charge < -0.3 is 24.9 Å². The fourth-order valence-electron chi connectivity index (χ4n) is 3.17. The third kappa shape index (κ3) is 3.57. The van der Waals surface area contributed by atoms with Crippen LogP contribution in [0.25, 0.3) is 21.9 Å². The minimum Gasteiger partial charge on any atom is -0.508 e. The van der Waals surface area contributed by atoms with Crippen LogP contribution in [0.4, 0.5) is 10.5 Å². The van der Waals surface area contributed by atoms with Crippen molar-refractivity contribution in [2.75, 3.05) is 19.0 Å². The number of para-hydroxylation sites is 1. The number of amides is 2. The number of urea groups is 1. The highest BCUT2D eigenvalue weighted by atomic mass is 16.5. The van der Waals surface area contributed by atoms with Gasteiger partial charge in [0.15, 0.2) is 0 Å². The van der Waals surface area contributed by atoms with Crippen LogP contribution >= 0.6 is 0 Å². The van der Waals surface area contributed by atoms with Gasteiger partial charge in [-0.3, -0.25) is 0 Å². The van der Waals surface area contributed by atoms with Gasteiger partial charge in [0.2, 0.25) is 0 Å². The molecule has 3 aromatic carbocycles. The molecule has 4 rings (SSSR count). The molecule has 0 radical (unpaired) electrons. The molecule has 0 atom stereocenters. The molecule has 0 unspecified atom stereocenters. The zero-order chi connectivity index (χ0) is 19.5. The Labute approximate surface area is 161 Å². The first-order valence-corrected chi connectivity index (χ1v) is 8.96. The summed E-state index contributed by atoms with van der Waals surface area (Å²) in [6.07, 6.45) is 0.660. The van der Waals surface area contributed by atoms with E-state index in [2.05, 4.69) is 10.6 Å². The van der Waals surface area contributed by atoms with Gasteiger partial charge in [0.25, 0.3) is 0 Å². The maximum absolute atomic E-state index is 12.3. The quantitative estimate of drug-likeness (QED) is 0.473. The number of carbonyl (C=O) groups excluding carboxylic acids is 1. The minimum absolute atomic E-state index is 0.225. The smallest absolute Gasteiger partial charge is 0.319 e. The second-order valence-electron chi connectivity index (χ2n) is 6.44. The first kappa shape index (κ1) is 17.7. The summed E-state index contributed by atoms with van der Waals surface area (Å²) in [5.74, 6) is 0.787. The van der Waals surface area contributed by atoms with E-state index in [1.807, 2.05) is 42.5 Å². The number of nitrogens with one attached hydrogen (secondary N) is 2. The van der Waals surface area contributed by atoms with Crippen molar-refractivity contribution >= 4 is 33.7 Å². The number of phenolic OH excluding ortho intramolecular Hbond substituents is 1. The summed E-state index contributed by atoms with van der Waals surface area (Å²) in [5, 5.41) is 16.9. The molecule has 0 fully saturated rings. The molecular weight excluding hydrogens is 356 g/mol. The first-order valence-electron chi connectivity index (χ1n) is 8.96. The van der Waals surface area contributed by atoms with Crippen LogP contribution in [0, 0.1) is 0 Å². The summed E-state index contributed by atoms with van der Waals surface area (Å²) in [6, 6.07) is 18.0. The van der Waals surface area contributed by atoms with Crippen LogP contribution in [0.1, 0.15) is 5.56 Å². The van der Waals surface area contributed by atoms with Crippen LogP contribution in [0.15, 0.2) is 65.1 Å². The van der Waals surface area contributed by atoms with E-state index in [0.29, 0.717) is 30.0 Å². The number of benzene rings is 3. The van der Waals surface area contributed by atoms with Gasteiger partial charge in [-0.15, -0.1) is 0 Å². The van der Waals surface area contributed by atoms with E-state index >= 15 is 0 Å². The third-order valence-electron chi connectivity index (χ3n) is 4.58. The van der Waals surface area contributed by atoms with Crippen molar-refractivity contribution in [2.24, 2.45) is 0 Å². The number of hydrogen-bond acceptors (Lipinski definition) is 4. The van der Waals surface area contributed by atoms with Crippen LogP contribution in [0.5, 0.6) is 11.5 Å². The highest BCUT2D eigenvalue weighted by Gasteiger charge is 2.13. The van der Waals surface area contributed by atoms with E-state index < -0.39 is 0 Å². The number of rotatable bonds is 5. The Hall–Kier alpha value is -3.67. The van der Waals surface area contributed by atoms with Gasteiger partial charge in [-0.2, -0.15) is 0 Å². The Morgan fingerprint density at radius 1 is 1.04 bits per heavy atom. The van der Waals surface area contributed by atoms with E-state index in [-0.39, 0.29) is 11.8 Å². The van der Waals surface area contributed by atoms with Gasteiger partial charge in [0, 0.05) is 23.4 Å². The molecule has 0 saturated carbocycles. The molecule has 1 heterocycles. The minimum atomic E-state index is -0.326. The number of furan rings is 1. The normalized spacial score (nSPS) is 10.9. The number of fused-ring (bicyclic) bond motifs is 3. The molecule has 142 valence electrons. The van der Waals surface area contributed by atoms with Crippen LogP contribution in [-0.4, -0.2) is 24.8 Å². The molecule has 0 bridgehead atoms. The van der Waals surface area contributed by atoms with Crippen molar-refractivity contribution in [1.82, 2.24) is 5.32 Å². The van der Waals surface area contributed by atoms with E-state index in [4.69, 9.17) is 9.15 Å². The second kappa shape index (κ2) is 7.52. The van der Waals surface area contributed by atoms with Crippen molar-refractivity contribution in [3.05, 3.63) is 66.2 Å². The van der Waals surface area contributed by atoms with Crippen molar-refractivity contribution in [1.29, 1.82) is 0 Å². The van der Waals surface area contributed by atoms with Gasteiger partial charge in [0.1, 0.15) is 22.7 Å². The summed E-state index contributed by atoms with van der Waals surface area (Å²) < 4.78 is 11.3. The average molecular weight is 376 g/mol. The molecule has 0 saturated heterocycles. The van der Waals surface area contributed by atoms with Crippen molar-refractivity contribution in [3.63, 3.8) is 0 Å². The van der Waals surface area contributed by atoms with Gasteiger partial charge in [0.05, 0.1) is 12.8 Å². The molecular formula is C22H20N2O4. The summed E-state index contributed by atoms with van der Waals surface area (Å²) in [4.78, 5) is 12.3. The zero-order valence-corrected chi connectivity index (χ0v) is 15.4. The molecule has 3 N–H and O–H groups in total. The van der Waals surface area contributed by atoms with Crippen LogP contribution in [0.2, 0.25) is 0 Å². The predicted molar refractivity (Wildman–Crippen MR) is 109 cm³/mol. The molecule has 0 aliphatic rings. The number of hydrogen-bond donors (Lipinski definition) is 3. The lowest BCUT2D eigenvalue weighted by Crippen LogP contribution is -2.30. The van der Waals surface area contributed by atoms with Crippen molar-refractivity contribution in [2.45, 2.75) is 6.42 Å². The van der Waals surface area contributed by atoms with Gasteiger partial charge in [-0.1, -0.05) is 30.3 Å². The zero-order valence-electron chi connectivity index (χ0n) is 15.4. The molecule has 6 nitrogen and oxygen atoms in total. The maximum atomic E-state index is 12.3. The number of anilines is 1. The standard InChI is InChI=1S/C22H20N2O4/c1-27-21-12-17-16-4-2-3-5-19(16)28-20(17)13-18(21)24-22(26)23-11-10-14-6-8-15(25)9-7-14/h2-9,12-13,25H,10-11H2,1H3,(H2,23,24,26). The van der Waals surface area contributed by atoms with Crippen molar-refractivity contribution < 1.29 is 19.1 Å². The first-order chi connectivity index (χ1) is 13.6. The molecule has 28 heavy (non-hydrogen) atoms. The lowest BCUT2D eigenvalue weighted by atomic mass is 10.1. The number of carbonyl (C=O) groups is 1. The summed E-state index contributed by atoms with van der Waals surface area (Å²) in [7, 11) is 1.57. The average Bonchev–Trinajstić information content (AvgIpc) is 3.06. The third-order valence-corrected chi connectivity index (χ3v) is 4.58. The van der Waals surface area contributed by atoms with E-state index in [0.717, 1.165) is 21.9 Å². The van der Waals surface area contributed by atoms with E-state index in [1.54, 1.807) is 25.3 Å². The molecule has 0 aliphatic carbocycles. The predicted octanol–water partition coefficient (Wildman–Crippen LogP) is 4.66. The van der Waals surface area contributed by atoms with Crippen LogP contribution in [0.3, 0.4) is 0 Å². The lowest BCUT2D eigenvalue weighted by Gasteiger charge is -2.11. The monoisotopic (exact) mass is 376 g/mol. The fraction of sp³-hybridized carbons (Fsp3) is 0.136. The number of phenols is 1. The Balaban J connectivity index is 1.47. The summed E-state index contributed by atoms with van der Waals surface area (Å²) in [6.45, 7) is 0.464. The second-order valence-corrected chi connectivity index (χ2v) is 6.44. The molecule has 1 aromatic heterocycles. The van der Waals surface area contributed by atoms with Crippen LogP contribution < -0.4 is 15.4 Å². The van der Waals surface area contributed by atoms with Gasteiger partial charge in [-0.25, -0.2) is 4.79 Å². The van der Waals surface area contributed by atoms with Gasteiger partial charge in [-0.05, 0) is 36.2 Å². The Morgan fingerprint density at radius 2 is 1.82 bits per heavy atom.